The zero-order chi connectivity index (χ0) is 14.9. The van der Waals surface area contributed by atoms with E-state index in [0.29, 0.717) is 0 Å². The van der Waals surface area contributed by atoms with Crippen LogP contribution in [0.3, 0.4) is 0 Å². The number of anilines is 1. The molecule has 1 aliphatic heterocycles. The molecule has 3 nitrogen and oxygen atoms in total. The number of aromatic nitrogens is 1. The van der Waals surface area contributed by atoms with Crippen LogP contribution in [-0.4, -0.2) is 22.0 Å². The molecule has 0 saturated carbocycles. The van der Waals surface area contributed by atoms with Gasteiger partial charge < -0.3 is 9.88 Å². The molecule has 1 aliphatic rings. The summed E-state index contributed by atoms with van der Waals surface area (Å²) in [5.41, 5.74) is 4.80. The molecule has 0 atom stereocenters. The number of nitrogens with one attached hydrogen (secondary N) is 1. The van der Waals surface area contributed by atoms with Gasteiger partial charge in [0.1, 0.15) is 0 Å². The smallest absolute Gasteiger partial charge is 0.161 e. The summed E-state index contributed by atoms with van der Waals surface area (Å²) in [7, 11) is 2.12. The third kappa shape index (κ3) is 2.20. The second kappa shape index (κ2) is 5.54. The summed E-state index contributed by atoms with van der Waals surface area (Å²) in [5.74, 6) is 1.06. The molecular weight excluding hydrogens is 290 g/mol. The Morgan fingerprint density at radius 1 is 1.05 bits per heavy atom. The van der Waals surface area contributed by atoms with Crippen molar-refractivity contribution < 1.29 is 0 Å². The first-order valence-electron chi connectivity index (χ1n) is 7.42. The minimum absolute atomic E-state index is 0.901. The van der Waals surface area contributed by atoms with Crippen LogP contribution in [0, 0.1) is 0 Å². The maximum Gasteiger partial charge on any atom is 0.161 e. The topological polar surface area (TPSA) is 29.3 Å². The van der Waals surface area contributed by atoms with E-state index in [4.69, 9.17) is 0 Å². The van der Waals surface area contributed by atoms with E-state index < -0.39 is 0 Å². The number of hydrogen-bond acceptors (Lipinski definition) is 3. The monoisotopic (exact) mass is 307 g/mol. The predicted octanol–water partition coefficient (Wildman–Crippen LogP) is 4.36. The second-order valence-corrected chi connectivity index (χ2v) is 6.41. The van der Waals surface area contributed by atoms with Gasteiger partial charge in [-0.15, -0.1) is 0 Å². The summed E-state index contributed by atoms with van der Waals surface area (Å²) in [6.07, 6.45) is 0. The number of benzene rings is 2. The van der Waals surface area contributed by atoms with Crippen molar-refractivity contribution in [1.82, 2.24) is 4.57 Å². The average molecular weight is 307 g/mol. The molecule has 0 aliphatic carbocycles. The van der Waals surface area contributed by atoms with Crippen molar-refractivity contribution in [3.05, 3.63) is 54.6 Å². The lowest BCUT2D eigenvalue weighted by atomic mass is 10.1. The molecule has 4 rings (SSSR count). The Bertz CT molecular complexity index is 849. The van der Waals surface area contributed by atoms with Crippen molar-refractivity contribution in [3.63, 3.8) is 0 Å². The van der Waals surface area contributed by atoms with Gasteiger partial charge in [-0.1, -0.05) is 60.3 Å². The number of thioether (sulfide) groups is 1. The van der Waals surface area contributed by atoms with E-state index in [1.165, 1.54) is 22.2 Å². The van der Waals surface area contributed by atoms with Crippen LogP contribution in [0.2, 0.25) is 0 Å². The van der Waals surface area contributed by atoms with Crippen LogP contribution in [0.5, 0.6) is 0 Å². The lowest BCUT2D eigenvalue weighted by molar-refractivity contribution is 0.979. The first-order valence-corrected chi connectivity index (χ1v) is 8.40. The Balaban J connectivity index is 1.95. The van der Waals surface area contributed by atoms with Crippen LogP contribution in [0.4, 0.5) is 5.69 Å². The summed E-state index contributed by atoms with van der Waals surface area (Å²) < 4.78 is 2.26. The number of fused-ring (bicyclic) bond motifs is 1. The third-order valence-electron chi connectivity index (χ3n) is 3.97. The van der Waals surface area contributed by atoms with Crippen LogP contribution < -0.4 is 5.32 Å². The van der Waals surface area contributed by atoms with Gasteiger partial charge in [0, 0.05) is 23.8 Å². The summed E-state index contributed by atoms with van der Waals surface area (Å²) in [4.78, 5) is 4.54. The minimum Gasteiger partial charge on any atom is -0.342 e. The van der Waals surface area contributed by atoms with Gasteiger partial charge in [-0.05, 0) is 6.07 Å². The standard InChI is InChI=1S/C18H17N3S/c1-21-15-10-6-5-9-14(15)16(20-18-19-11-12-22-18)17(21)13-7-3-2-4-8-13/h2-10H,11-12H2,1H3,(H,19,20). The fraction of sp³-hybridized carbons (Fsp3) is 0.167. The molecule has 0 fully saturated rings. The van der Waals surface area contributed by atoms with E-state index in [1.54, 1.807) is 11.8 Å². The predicted molar refractivity (Wildman–Crippen MR) is 96.7 cm³/mol. The maximum atomic E-state index is 4.54. The van der Waals surface area contributed by atoms with E-state index >= 15 is 0 Å². The average Bonchev–Trinajstić information content (AvgIpc) is 3.17. The number of amidine groups is 1. The normalized spacial score (nSPS) is 14.3. The minimum atomic E-state index is 0.901. The molecule has 0 bridgehead atoms. The third-order valence-corrected chi connectivity index (χ3v) is 4.86. The zero-order valence-electron chi connectivity index (χ0n) is 12.4. The van der Waals surface area contributed by atoms with E-state index in [0.717, 1.165) is 23.2 Å². The van der Waals surface area contributed by atoms with Crippen molar-refractivity contribution in [1.29, 1.82) is 0 Å². The largest absolute Gasteiger partial charge is 0.342 e. The molecule has 0 unspecified atom stereocenters. The van der Waals surface area contributed by atoms with Crippen molar-refractivity contribution in [2.24, 2.45) is 12.0 Å². The molecule has 1 N–H and O–H groups in total. The molecule has 4 heteroatoms. The van der Waals surface area contributed by atoms with Gasteiger partial charge in [0.25, 0.3) is 0 Å². The van der Waals surface area contributed by atoms with E-state index in [2.05, 4.69) is 76.5 Å². The van der Waals surface area contributed by atoms with Crippen LogP contribution in [0.1, 0.15) is 0 Å². The summed E-state index contributed by atoms with van der Waals surface area (Å²) in [5, 5.41) is 5.82. The fourth-order valence-corrected chi connectivity index (χ4v) is 3.70. The van der Waals surface area contributed by atoms with Gasteiger partial charge in [0.15, 0.2) is 5.17 Å². The SMILES string of the molecule is Cn1c(-c2ccccc2)c(NC2=NCCS2)c2ccccc21. The molecule has 0 amide bonds. The van der Waals surface area contributed by atoms with Crippen molar-refractivity contribution in [2.75, 3.05) is 17.6 Å². The second-order valence-electron chi connectivity index (χ2n) is 5.33. The Morgan fingerprint density at radius 3 is 2.59 bits per heavy atom. The molecule has 22 heavy (non-hydrogen) atoms. The Hall–Kier alpha value is -2.20. The molecule has 0 saturated heterocycles. The highest BCUT2D eigenvalue weighted by atomic mass is 32.2. The highest BCUT2D eigenvalue weighted by Gasteiger charge is 2.18. The van der Waals surface area contributed by atoms with Gasteiger partial charge in [0.2, 0.25) is 0 Å². The zero-order valence-corrected chi connectivity index (χ0v) is 13.2. The van der Waals surface area contributed by atoms with Crippen LogP contribution >= 0.6 is 11.8 Å². The van der Waals surface area contributed by atoms with Gasteiger partial charge in [-0.3, -0.25) is 4.99 Å². The highest BCUT2D eigenvalue weighted by molar-refractivity contribution is 8.14. The number of para-hydroxylation sites is 1. The Labute approximate surface area is 134 Å². The number of nitrogens with zero attached hydrogens (tertiary/aromatic N) is 2. The number of hydrogen-bond donors (Lipinski definition) is 1. The maximum absolute atomic E-state index is 4.54. The van der Waals surface area contributed by atoms with Crippen LogP contribution in [0.25, 0.3) is 22.2 Å². The van der Waals surface area contributed by atoms with Crippen LogP contribution in [-0.2, 0) is 7.05 Å². The fourth-order valence-electron chi connectivity index (χ4n) is 2.97. The summed E-state index contributed by atoms with van der Waals surface area (Å²) >= 11 is 1.79. The van der Waals surface area contributed by atoms with Crippen molar-refractivity contribution in [2.45, 2.75) is 0 Å². The molecule has 3 aromatic rings. The number of aliphatic imine (C=N–C) groups is 1. The van der Waals surface area contributed by atoms with Crippen LogP contribution in [0.15, 0.2) is 59.6 Å². The Morgan fingerprint density at radius 2 is 1.82 bits per heavy atom. The van der Waals surface area contributed by atoms with E-state index in [-0.39, 0.29) is 0 Å². The van der Waals surface area contributed by atoms with Gasteiger partial charge >= 0.3 is 0 Å². The molecular formula is C18H17N3S. The van der Waals surface area contributed by atoms with E-state index in [9.17, 15) is 0 Å². The molecule has 1 aromatic heterocycles. The van der Waals surface area contributed by atoms with Gasteiger partial charge in [0.05, 0.1) is 23.4 Å². The van der Waals surface area contributed by atoms with Crippen molar-refractivity contribution in [3.8, 4) is 11.3 Å². The lowest BCUT2D eigenvalue weighted by Crippen LogP contribution is -2.06. The molecule has 0 radical (unpaired) electrons. The van der Waals surface area contributed by atoms with E-state index in [1.807, 2.05) is 0 Å². The highest BCUT2D eigenvalue weighted by Crippen LogP contribution is 2.38. The lowest BCUT2D eigenvalue weighted by Gasteiger charge is -2.10. The first-order chi connectivity index (χ1) is 10.8. The van der Waals surface area contributed by atoms with Gasteiger partial charge in [-0.25, -0.2) is 0 Å². The first kappa shape index (κ1) is 13.5. The summed E-state index contributed by atoms with van der Waals surface area (Å²) in [6, 6.07) is 19.0. The molecule has 2 aromatic carbocycles. The molecule has 2 heterocycles. The van der Waals surface area contributed by atoms with Crippen molar-refractivity contribution >= 4 is 33.5 Å². The molecule has 110 valence electrons. The number of aryl methyl sites for hydroxylation is 1. The Kier molecular flexibility index (Phi) is 3.39. The quantitative estimate of drug-likeness (QED) is 0.762. The molecule has 0 spiro atoms. The number of rotatable bonds is 2. The summed E-state index contributed by atoms with van der Waals surface area (Å²) in [6.45, 7) is 0.901. The van der Waals surface area contributed by atoms with Gasteiger partial charge in [-0.2, -0.15) is 0 Å².